The molecule has 2 aromatic heterocycles. The Bertz CT molecular complexity index is 1020. The van der Waals surface area contributed by atoms with Crippen LogP contribution in [0, 0.1) is 12.7 Å². The number of allylic oxidation sites excluding steroid dienone is 1. The van der Waals surface area contributed by atoms with E-state index < -0.39 is 0 Å². The highest BCUT2D eigenvalue weighted by atomic mass is 19.1. The third kappa shape index (κ3) is 4.13. The molecule has 3 aromatic rings. The summed E-state index contributed by atoms with van der Waals surface area (Å²) in [5.74, 6) is 1.29. The average Bonchev–Trinajstić information content (AvgIpc) is 3.32. The molecule has 0 unspecified atom stereocenters. The number of aromatic nitrogens is 4. The summed E-state index contributed by atoms with van der Waals surface area (Å²) in [6, 6.07) is 6.70. The van der Waals surface area contributed by atoms with Crippen LogP contribution >= 0.6 is 0 Å². The van der Waals surface area contributed by atoms with E-state index in [1.54, 1.807) is 0 Å². The summed E-state index contributed by atoms with van der Waals surface area (Å²) in [6.45, 7) is 6.88. The summed E-state index contributed by atoms with van der Waals surface area (Å²) < 4.78 is 15.4. The second-order valence-electron chi connectivity index (χ2n) is 7.38. The third-order valence-electron chi connectivity index (χ3n) is 5.28. The molecule has 6 nitrogen and oxygen atoms in total. The number of benzene rings is 1. The maximum absolute atomic E-state index is 13.3. The van der Waals surface area contributed by atoms with Crippen molar-refractivity contribution in [2.24, 2.45) is 0 Å². The Kier molecular flexibility index (Phi) is 5.29. The van der Waals surface area contributed by atoms with E-state index in [4.69, 9.17) is 4.98 Å². The van der Waals surface area contributed by atoms with Crippen molar-refractivity contribution in [3.63, 3.8) is 0 Å². The number of anilines is 2. The Balaban J connectivity index is 1.53. The number of nitrogens with one attached hydrogen (secondary N) is 2. The van der Waals surface area contributed by atoms with Crippen LogP contribution in [0.15, 0.2) is 49.1 Å². The van der Waals surface area contributed by atoms with Gasteiger partial charge >= 0.3 is 0 Å². The van der Waals surface area contributed by atoms with Crippen LogP contribution in [0.2, 0.25) is 0 Å². The third-order valence-corrected chi connectivity index (χ3v) is 5.28. The predicted molar refractivity (Wildman–Crippen MR) is 112 cm³/mol. The van der Waals surface area contributed by atoms with Crippen molar-refractivity contribution in [1.82, 2.24) is 19.5 Å². The number of aryl methyl sites for hydroxylation is 2. The molecule has 29 heavy (non-hydrogen) atoms. The predicted octanol–water partition coefficient (Wildman–Crippen LogP) is 4.26. The zero-order valence-electron chi connectivity index (χ0n) is 16.7. The molecule has 150 valence electrons. The highest BCUT2D eigenvalue weighted by molar-refractivity contribution is 5.56. The van der Waals surface area contributed by atoms with Gasteiger partial charge in [-0.05, 0) is 37.5 Å². The van der Waals surface area contributed by atoms with Gasteiger partial charge in [0.2, 0.25) is 5.95 Å². The van der Waals surface area contributed by atoms with Gasteiger partial charge < -0.3 is 15.2 Å². The van der Waals surface area contributed by atoms with Gasteiger partial charge in [-0.1, -0.05) is 18.7 Å². The largest absolute Gasteiger partial charge is 0.373 e. The van der Waals surface area contributed by atoms with Gasteiger partial charge in [0.1, 0.15) is 11.6 Å². The van der Waals surface area contributed by atoms with Crippen LogP contribution in [0.1, 0.15) is 41.3 Å². The smallest absolute Gasteiger partial charge is 0.229 e. The van der Waals surface area contributed by atoms with E-state index in [0.717, 1.165) is 59.8 Å². The molecule has 0 bridgehead atoms. The van der Waals surface area contributed by atoms with Crippen LogP contribution in [-0.4, -0.2) is 26.6 Å². The van der Waals surface area contributed by atoms with Crippen molar-refractivity contribution >= 4 is 11.8 Å². The van der Waals surface area contributed by atoms with Crippen LogP contribution in [0.4, 0.5) is 16.2 Å². The molecule has 2 N–H and O–H groups in total. The number of hydrogen-bond acceptors (Lipinski definition) is 5. The van der Waals surface area contributed by atoms with Gasteiger partial charge in [-0.3, -0.25) is 0 Å². The Morgan fingerprint density at radius 3 is 2.76 bits per heavy atom. The van der Waals surface area contributed by atoms with Crippen LogP contribution in [0.5, 0.6) is 0 Å². The number of imidazole rings is 1. The number of rotatable bonds is 7. The fourth-order valence-electron chi connectivity index (χ4n) is 3.82. The monoisotopic (exact) mass is 392 g/mol. The molecule has 1 aromatic carbocycles. The van der Waals surface area contributed by atoms with Crippen molar-refractivity contribution in [3.05, 3.63) is 77.4 Å². The lowest BCUT2D eigenvalue weighted by Gasteiger charge is -2.15. The minimum atomic E-state index is -0.225. The maximum Gasteiger partial charge on any atom is 0.229 e. The molecule has 1 aliphatic rings. The standard InChI is InChI=1S/C22H25FN6/c1-14(10-11-29-12-15(2)25-13-29)26-22-27-20-18(16-4-6-17(23)7-5-16)8-9-19(20)21(24-3)28-22/h4-7,12-13,18H,1,8-11H2,2-3H3,(H2,24,26,27,28)/t18-/m0/s1. The first-order chi connectivity index (χ1) is 14.0. The minimum absolute atomic E-state index is 0.142. The molecule has 2 heterocycles. The molecule has 1 atom stereocenters. The quantitative estimate of drug-likeness (QED) is 0.629. The first-order valence-corrected chi connectivity index (χ1v) is 9.80. The Labute approximate surface area is 169 Å². The zero-order valence-corrected chi connectivity index (χ0v) is 16.7. The van der Waals surface area contributed by atoms with Gasteiger partial charge in [-0.2, -0.15) is 4.98 Å². The first-order valence-electron chi connectivity index (χ1n) is 9.80. The van der Waals surface area contributed by atoms with Crippen molar-refractivity contribution in [2.75, 3.05) is 17.7 Å². The van der Waals surface area contributed by atoms with E-state index in [1.165, 1.54) is 12.1 Å². The van der Waals surface area contributed by atoms with Crippen molar-refractivity contribution in [3.8, 4) is 0 Å². The van der Waals surface area contributed by atoms with Gasteiger partial charge in [0.15, 0.2) is 0 Å². The molecule has 0 saturated carbocycles. The summed E-state index contributed by atoms with van der Waals surface area (Å²) in [7, 11) is 1.87. The summed E-state index contributed by atoms with van der Waals surface area (Å²) in [5, 5.41) is 6.44. The summed E-state index contributed by atoms with van der Waals surface area (Å²) in [4.78, 5) is 13.7. The maximum atomic E-state index is 13.3. The molecule has 0 amide bonds. The van der Waals surface area contributed by atoms with Crippen molar-refractivity contribution < 1.29 is 4.39 Å². The van der Waals surface area contributed by atoms with Gasteiger partial charge in [0.25, 0.3) is 0 Å². The average molecular weight is 392 g/mol. The van der Waals surface area contributed by atoms with E-state index in [9.17, 15) is 4.39 Å². The lowest BCUT2D eigenvalue weighted by Crippen LogP contribution is -2.10. The lowest BCUT2D eigenvalue weighted by molar-refractivity contribution is 0.625. The molecule has 0 radical (unpaired) electrons. The van der Waals surface area contributed by atoms with Crippen LogP contribution in [0.25, 0.3) is 0 Å². The number of hydrogen-bond donors (Lipinski definition) is 2. The van der Waals surface area contributed by atoms with Crippen molar-refractivity contribution in [2.45, 2.75) is 38.6 Å². The van der Waals surface area contributed by atoms with E-state index in [1.807, 2.05) is 43.2 Å². The molecule has 0 saturated heterocycles. The topological polar surface area (TPSA) is 67.7 Å². The fourth-order valence-corrected chi connectivity index (χ4v) is 3.82. The Morgan fingerprint density at radius 1 is 1.28 bits per heavy atom. The van der Waals surface area contributed by atoms with Gasteiger partial charge in [0.05, 0.1) is 17.7 Å². The molecule has 0 aliphatic heterocycles. The molecule has 4 rings (SSSR count). The molecule has 1 aliphatic carbocycles. The second kappa shape index (κ2) is 8.03. The second-order valence-corrected chi connectivity index (χ2v) is 7.38. The Hall–Kier alpha value is -3.22. The van der Waals surface area contributed by atoms with Gasteiger partial charge in [-0.15, -0.1) is 0 Å². The molecular weight excluding hydrogens is 367 g/mol. The molecule has 0 spiro atoms. The van der Waals surface area contributed by atoms with E-state index in [0.29, 0.717) is 5.95 Å². The van der Waals surface area contributed by atoms with Crippen molar-refractivity contribution in [1.29, 1.82) is 0 Å². The number of fused-ring (bicyclic) bond motifs is 1. The summed E-state index contributed by atoms with van der Waals surface area (Å²) in [5.41, 5.74) is 5.04. The SMILES string of the molecule is C=C(CCn1cnc(C)c1)Nc1nc(NC)c2c(n1)[C@H](c1ccc(F)cc1)CC2. The van der Waals surface area contributed by atoms with E-state index in [2.05, 4.69) is 27.2 Å². The molecule has 0 fully saturated rings. The zero-order chi connectivity index (χ0) is 20.4. The van der Waals surface area contributed by atoms with Gasteiger partial charge in [-0.25, -0.2) is 14.4 Å². The van der Waals surface area contributed by atoms with Gasteiger partial charge in [0, 0.05) is 43.4 Å². The lowest BCUT2D eigenvalue weighted by atomic mass is 9.97. The van der Waals surface area contributed by atoms with Crippen LogP contribution in [-0.2, 0) is 13.0 Å². The summed E-state index contributed by atoms with van der Waals surface area (Å²) in [6.07, 6.45) is 6.41. The summed E-state index contributed by atoms with van der Waals surface area (Å²) >= 11 is 0. The van der Waals surface area contributed by atoms with E-state index >= 15 is 0 Å². The minimum Gasteiger partial charge on any atom is -0.373 e. The van der Waals surface area contributed by atoms with E-state index in [-0.39, 0.29) is 11.7 Å². The molecule has 7 heteroatoms. The normalized spacial score (nSPS) is 15.2. The molecular formula is C22H25FN6. The van der Waals surface area contributed by atoms with Crippen LogP contribution < -0.4 is 10.6 Å². The highest BCUT2D eigenvalue weighted by Gasteiger charge is 2.29. The fraction of sp³-hybridized carbons (Fsp3) is 0.318. The Morgan fingerprint density at radius 2 is 2.07 bits per heavy atom. The first kappa shape index (κ1) is 19.1. The van der Waals surface area contributed by atoms with Crippen LogP contribution in [0.3, 0.4) is 0 Å². The number of halogens is 1. The highest BCUT2D eigenvalue weighted by Crippen LogP contribution is 2.40. The number of nitrogens with zero attached hydrogens (tertiary/aromatic N) is 4.